The molecule has 0 bridgehead atoms. The maximum absolute atomic E-state index is 12.6. The number of anilines is 2. The van der Waals surface area contributed by atoms with Crippen molar-refractivity contribution in [2.24, 2.45) is 0 Å². The highest BCUT2D eigenvalue weighted by atomic mass is 35.5. The molecular formula is C22H19ClN6O. The fraction of sp³-hybridized carbons (Fsp3) is 0.0909. The van der Waals surface area contributed by atoms with E-state index in [2.05, 4.69) is 30.6 Å². The zero-order chi connectivity index (χ0) is 20.8. The average Bonchev–Trinajstić information content (AvgIpc) is 3.30. The van der Waals surface area contributed by atoms with E-state index in [0.29, 0.717) is 28.6 Å². The highest BCUT2D eigenvalue weighted by molar-refractivity contribution is 6.33. The van der Waals surface area contributed by atoms with Gasteiger partial charge < -0.3 is 15.6 Å². The topological polar surface area (TPSA) is 95.6 Å². The molecule has 0 unspecified atom stereocenters. The van der Waals surface area contributed by atoms with Crippen molar-refractivity contribution in [3.63, 3.8) is 0 Å². The normalized spacial score (nSPS) is 10.6. The van der Waals surface area contributed by atoms with Crippen LogP contribution in [0.4, 0.5) is 11.5 Å². The minimum atomic E-state index is -0.249. The van der Waals surface area contributed by atoms with Crippen LogP contribution in [0.5, 0.6) is 0 Å². The zero-order valence-electron chi connectivity index (χ0n) is 16.0. The molecule has 0 spiro atoms. The molecule has 0 atom stereocenters. The Balaban J connectivity index is 1.39. The van der Waals surface area contributed by atoms with Crippen molar-refractivity contribution in [2.45, 2.75) is 6.42 Å². The van der Waals surface area contributed by atoms with E-state index in [1.165, 1.54) is 0 Å². The van der Waals surface area contributed by atoms with Gasteiger partial charge in [-0.15, -0.1) is 0 Å². The Morgan fingerprint density at radius 1 is 1.07 bits per heavy atom. The Morgan fingerprint density at radius 2 is 2.00 bits per heavy atom. The number of hydrogen-bond donors (Lipinski definition) is 3. The first kappa shape index (κ1) is 19.6. The smallest absolute Gasteiger partial charge is 0.257 e. The van der Waals surface area contributed by atoms with Gasteiger partial charge in [-0.05, 0) is 42.5 Å². The van der Waals surface area contributed by atoms with Gasteiger partial charge in [0.1, 0.15) is 5.82 Å². The van der Waals surface area contributed by atoms with Crippen molar-refractivity contribution in [2.75, 3.05) is 17.2 Å². The number of H-pyrrole nitrogens is 1. The molecular weight excluding hydrogens is 400 g/mol. The fourth-order valence-electron chi connectivity index (χ4n) is 2.90. The van der Waals surface area contributed by atoms with E-state index in [4.69, 9.17) is 11.6 Å². The summed E-state index contributed by atoms with van der Waals surface area (Å²) in [5, 5.41) is 6.67. The van der Waals surface area contributed by atoms with Crippen molar-refractivity contribution >= 4 is 29.0 Å². The number of aromatic nitrogens is 4. The van der Waals surface area contributed by atoms with Gasteiger partial charge >= 0.3 is 0 Å². The summed E-state index contributed by atoms with van der Waals surface area (Å²) in [4.78, 5) is 28.3. The lowest BCUT2D eigenvalue weighted by molar-refractivity contribution is 0.102. The zero-order valence-corrected chi connectivity index (χ0v) is 16.7. The van der Waals surface area contributed by atoms with E-state index in [1.807, 2.05) is 18.2 Å². The third-order valence-electron chi connectivity index (χ3n) is 4.45. The number of halogens is 1. The average molecular weight is 419 g/mol. The lowest BCUT2D eigenvalue weighted by atomic mass is 10.1. The van der Waals surface area contributed by atoms with Gasteiger partial charge in [0.15, 0.2) is 0 Å². The number of amides is 1. The predicted molar refractivity (Wildman–Crippen MR) is 118 cm³/mol. The lowest BCUT2D eigenvalue weighted by Gasteiger charge is -2.10. The van der Waals surface area contributed by atoms with Gasteiger partial charge in [0.05, 0.1) is 22.6 Å². The molecule has 0 aliphatic heterocycles. The molecule has 1 amide bonds. The number of carbonyl (C=O) groups excluding carboxylic acids is 1. The number of rotatable bonds is 7. The van der Waals surface area contributed by atoms with Crippen molar-refractivity contribution in [3.05, 3.63) is 89.7 Å². The summed E-state index contributed by atoms with van der Waals surface area (Å²) in [6.07, 6.45) is 7.50. The molecule has 8 heteroatoms. The second-order valence-corrected chi connectivity index (χ2v) is 6.96. The summed E-state index contributed by atoms with van der Waals surface area (Å²) in [6, 6.07) is 14.4. The van der Waals surface area contributed by atoms with E-state index in [1.54, 1.807) is 55.2 Å². The van der Waals surface area contributed by atoms with Crippen molar-refractivity contribution in [1.29, 1.82) is 0 Å². The summed E-state index contributed by atoms with van der Waals surface area (Å²) in [5.74, 6) is 0.454. The maximum Gasteiger partial charge on any atom is 0.257 e. The van der Waals surface area contributed by atoms with Gasteiger partial charge in [0, 0.05) is 48.5 Å². The Kier molecular flexibility index (Phi) is 6.01. The largest absolute Gasteiger partial charge is 0.370 e. The van der Waals surface area contributed by atoms with E-state index >= 15 is 0 Å². The number of nitrogens with zero attached hydrogens (tertiary/aromatic N) is 3. The van der Waals surface area contributed by atoms with Crippen LogP contribution >= 0.6 is 11.6 Å². The quantitative estimate of drug-likeness (QED) is 0.412. The van der Waals surface area contributed by atoms with E-state index in [0.717, 1.165) is 23.4 Å². The standard InChI is InChI=1S/C22H19ClN6O/c23-19-6-5-16(11-18(19)20-3-1-2-9-25-20)29-22(30)15-4-7-21(27-12-15)26-10-8-17-13-24-14-28-17/h1-7,9,11-14H,8,10H2,(H,24,28)(H,26,27)(H,29,30). The first-order valence-electron chi connectivity index (χ1n) is 9.38. The molecule has 0 aliphatic rings. The van der Waals surface area contributed by atoms with Crippen LogP contribution in [-0.2, 0) is 6.42 Å². The first-order valence-corrected chi connectivity index (χ1v) is 9.76. The Labute approximate surface area is 178 Å². The molecule has 3 aromatic heterocycles. The molecule has 1 aromatic carbocycles. The van der Waals surface area contributed by atoms with Gasteiger partial charge in [-0.2, -0.15) is 0 Å². The molecule has 3 heterocycles. The number of nitrogens with one attached hydrogen (secondary N) is 3. The van der Waals surface area contributed by atoms with Gasteiger partial charge in [-0.25, -0.2) is 9.97 Å². The van der Waals surface area contributed by atoms with Crippen molar-refractivity contribution < 1.29 is 4.79 Å². The van der Waals surface area contributed by atoms with Crippen LogP contribution in [0.15, 0.2) is 73.4 Å². The summed E-state index contributed by atoms with van der Waals surface area (Å²) >= 11 is 6.30. The minimum absolute atomic E-state index is 0.249. The number of carbonyl (C=O) groups is 1. The molecule has 7 nitrogen and oxygen atoms in total. The van der Waals surface area contributed by atoms with Crippen molar-refractivity contribution in [1.82, 2.24) is 19.9 Å². The van der Waals surface area contributed by atoms with Gasteiger partial charge in [-0.1, -0.05) is 17.7 Å². The second kappa shape index (κ2) is 9.19. The summed E-state index contributed by atoms with van der Waals surface area (Å²) in [6.45, 7) is 0.710. The van der Waals surface area contributed by atoms with Crippen LogP contribution in [-0.4, -0.2) is 32.4 Å². The summed E-state index contributed by atoms with van der Waals surface area (Å²) in [7, 11) is 0. The van der Waals surface area contributed by atoms with Crippen LogP contribution in [0.3, 0.4) is 0 Å². The van der Waals surface area contributed by atoms with Crippen LogP contribution in [0.2, 0.25) is 5.02 Å². The highest BCUT2D eigenvalue weighted by Gasteiger charge is 2.10. The number of pyridine rings is 2. The molecule has 3 N–H and O–H groups in total. The van der Waals surface area contributed by atoms with Gasteiger partial charge in [-0.3, -0.25) is 9.78 Å². The monoisotopic (exact) mass is 418 g/mol. The highest BCUT2D eigenvalue weighted by Crippen LogP contribution is 2.29. The maximum atomic E-state index is 12.6. The molecule has 4 rings (SSSR count). The summed E-state index contributed by atoms with van der Waals surface area (Å²) in [5.41, 5.74) is 3.64. The van der Waals surface area contributed by atoms with Crippen LogP contribution in [0.25, 0.3) is 11.3 Å². The molecule has 0 aliphatic carbocycles. The van der Waals surface area contributed by atoms with E-state index < -0.39 is 0 Å². The molecule has 4 aromatic rings. The SMILES string of the molecule is O=C(Nc1ccc(Cl)c(-c2ccccn2)c1)c1ccc(NCCc2cnc[nH]2)nc1. The Bertz CT molecular complexity index is 1110. The molecule has 0 saturated heterocycles. The predicted octanol–water partition coefficient (Wildman–Crippen LogP) is 4.43. The van der Waals surface area contributed by atoms with Gasteiger partial charge in [0.25, 0.3) is 5.91 Å². The second-order valence-electron chi connectivity index (χ2n) is 6.55. The number of imidazole rings is 1. The number of aromatic amines is 1. The van der Waals surface area contributed by atoms with Crippen LogP contribution < -0.4 is 10.6 Å². The van der Waals surface area contributed by atoms with E-state index in [-0.39, 0.29) is 5.91 Å². The Morgan fingerprint density at radius 3 is 2.73 bits per heavy atom. The molecule has 0 radical (unpaired) electrons. The third-order valence-corrected chi connectivity index (χ3v) is 4.78. The minimum Gasteiger partial charge on any atom is -0.370 e. The summed E-state index contributed by atoms with van der Waals surface area (Å²) < 4.78 is 0. The number of benzene rings is 1. The van der Waals surface area contributed by atoms with Crippen LogP contribution in [0.1, 0.15) is 16.1 Å². The number of hydrogen-bond acceptors (Lipinski definition) is 5. The molecule has 0 saturated carbocycles. The Hall–Kier alpha value is -3.71. The molecule has 0 fully saturated rings. The van der Waals surface area contributed by atoms with Crippen LogP contribution in [0, 0.1) is 0 Å². The first-order chi connectivity index (χ1) is 14.7. The fourth-order valence-corrected chi connectivity index (χ4v) is 3.12. The molecule has 30 heavy (non-hydrogen) atoms. The van der Waals surface area contributed by atoms with Gasteiger partial charge in [0.2, 0.25) is 0 Å². The molecule has 150 valence electrons. The van der Waals surface area contributed by atoms with E-state index in [9.17, 15) is 4.79 Å². The van der Waals surface area contributed by atoms with Crippen molar-refractivity contribution in [3.8, 4) is 11.3 Å². The third kappa shape index (κ3) is 4.82. The lowest BCUT2D eigenvalue weighted by Crippen LogP contribution is -2.13.